The number of amides is 1. The zero-order valence-corrected chi connectivity index (χ0v) is 15.3. The number of piperidine rings is 1. The lowest BCUT2D eigenvalue weighted by Gasteiger charge is -2.45. The summed E-state index contributed by atoms with van der Waals surface area (Å²) < 4.78 is 30.6. The Morgan fingerprint density at radius 1 is 1.25 bits per heavy atom. The maximum absolute atomic E-state index is 12.6. The summed E-state index contributed by atoms with van der Waals surface area (Å²) in [5.41, 5.74) is 0.517. The first-order valence-corrected chi connectivity index (χ1v) is 9.43. The van der Waals surface area contributed by atoms with E-state index in [4.69, 9.17) is 4.18 Å². The van der Waals surface area contributed by atoms with Gasteiger partial charge in [0.2, 0.25) is 0 Å². The lowest BCUT2D eigenvalue weighted by Crippen LogP contribution is -2.57. The summed E-state index contributed by atoms with van der Waals surface area (Å²) >= 11 is 0. The second-order valence-corrected chi connectivity index (χ2v) is 8.90. The number of hydrogen-bond donors (Lipinski definition) is 1. The number of carbonyl (C=O) groups is 1. The van der Waals surface area contributed by atoms with Crippen molar-refractivity contribution < 1.29 is 22.5 Å². The molecular formula is C17H25NO5S. The Balaban J connectivity index is 2.31. The molecule has 134 valence electrons. The minimum Gasteiger partial charge on any atom is -0.465 e. The van der Waals surface area contributed by atoms with E-state index < -0.39 is 33.8 Å². The van der Waals surface area contributed by atoms with Gasteiger partial charge in [-0.1, -0.05) is 38.5 Å². The summed E-state index contributed by atoms with van der Waals surface area (Å²) in [5.74, 6) is 0. The zero-order valence-electron chi connectivity index (χ0n) is 14.5. The van der Waals surface area contributed by atoms with E-state index in [0.717, 1.165) is 5.56 Å². The molecule has 0 aromatic heterocycles. The summed E-state index contributed by atoms with van der Waals surface area (Å²) in [6.07, 6.45) is -0.652. The van der Waals surface area contributed by atoms with Crippen LogP contribution >= 0.6 is 0 Å². The standard InChI is InChI=1S/C17H25NO5S/c1-12-7-9-13(10-8-12)24(21,22)23-14-6-5-11-18(16(19)20)15(14)17(2,3)4/h7-10,14-15H,5-6,11H2,1-4H3,(H,19,20). The van der Waals surface area contributed by atoms with Gasteiger partial charge in [-0.15, -0.1) is 0 Å². The Morgan fingerprint density at radius 2 is 1.83 bits per heavy atom. The molecule has 1 N–H and O–H groups in total. The molecule has 24 heavy (non-hydrogen) atoms. The van der Waals surface area contributed by atoms with Gasteiger partial charge >= 0.3 is 6.09 Å². The number of hydrogen-bond acceptors (Lipinski definition) is 4. The van der Waals surface area contributed by atoms with Gasteiger partial charge < -0.3 is 10.0 Å². The fraction of sp³-hybridized carbons (Fsp3) is 0.588. The van der Waals surface area contributed by atoms with Crippen LogP contribution in [0.15, 0.2) is 29.2 Å². The van der Waals surface area contributed by atoms with E-state index in [0.29, 0.717) is 19.4 Å². The van der Waals surface area contributed by atoms with Gasteiger partial charge in [-0.25, -0.2) is 4.79 Å². The lowest BCUT2D eigenvalue weighted by molar-refractivity contribution is -0.0158. The van der Waals surface area contributed by atoms with Crippen molar-refractivity contribution in [1.29, 1.82) is 0 Å². The van der Waals surface area contributed by atoms with Crippen LogP contribution in [0.25, 0.3) is 0 Å². The van der Waals surface area contributed by atoms with Crippen LogP contribution < -0.4 is 0 Å². The minimum absolute atomic E-state index is 0.0909. The SMILES string of the molecule is Cc1ccc(S(=O)(=O)OC2CCCN(C(=O)O)C2C(C)(C)C)cc1. The third-order valence-electron chi connectivity index (χ3n) is 4.27. The summed E-state index contributed by atoms with van der Waals surface area (Å²) in [6.45, 7) is 7.95. The van der Waals surface area contributed by atoms with Crippen LogP contribution in [-0.2, 0) is 14.3 Å². The van der Waals surface area contributed by atoms with Gasteiger partial charge in [0.25, 0.3) is 10.1 Å². The maximum Gasteiger partial charge on any atom is 0.407 e. The predicted octanol–water partition coefficient (Wildman–Crippen LogP) is 3.26. The van der Waals surface area contributed by atoms with E-state index in [1.807, 2.05) is 27.7 Å². The minimum atomic E-state index is -3.94. The zero-order chi connectivity index (χ0) is 18.1. The van der Waals surface area contributed by atoms with Crippen molar-refractivity contribution in [2.24, 2.45) is 5.41 Å². The monoisotopic (exact) mass is 355 g/mol. The number of benzene rings is 1. The molecule has 1 aliphatic heterocycles. The van der Waals surface area contributed by atoms with E-state index >= 15 is 0 Å². The first-order chi connectivity index (χ1) is 11.0. The highest BCUT2D eigenvalue weighted by atomic mass is 32.2. The molecule has 0 aliphatic carbocycles. The van der Waals surface area contributed by atoms with Crippen molar-refractivity contribution >= 4 is 16.2 Å². The molecule has 7 heteroatoms. The van der Waals surface area contributed by atoms with Crippen molar-refractivity contribution in [3.05, 3.63) is 29.8 Å². The van der Waals surface area contributed by atoms with Gasteiger partial charge in [-0.05, 0) is 37.3 Å². The molecule has 2 atom stereocenters. The number of carboxylic acid groups (broad SMARTS) is 1. The molecule has 1 aromatic rings. The molecule has 1 aromatic carbocycles. The van der Waals surface area contributed by atoms with E-state index in [1.54, 1.807) is 12.1 Å². The summed E-state index contributed by atoms with van der Waals surface area (Å²) in [5, 5.41) is 9.46. The first-order valence-electron chi connectivity index (χ1n) is 8.02. The third kappa shape index (κ3) is 4.08. The Labute approximate surface area is 143 Å². The van der Waals surface area contributed by atoms with Crippen LogP contribution in [0.3, 0.4) is 0 Å². The smallest absolute Gasteiger partial charge is 0.407 e. The molecule has 0 spiro atoms. The Bertz CT molecular complexity index is 691. The number of nitrogens with zero attached hydrogens (tertiary/aromatic N) is 1. The summed E-state index contributed by atoms with van der Waals surface area (Å²) in [7, 11) is -3.94. The Hall–Kier alpha value is -1.60. The van der Waals surface area contributed by atoms with E-state index in [-0.39, 0.29) is 4.90 Å². The number of aryl methyl sites for hydroxylation is 1. The van der Waals surface area contributed by atoms with Crippen LogP contribution in [0.4, 0.5) is 4.79 Å². The van der Waals surface area contributed by atoms with Crippen molar-refractivity contribution in [3.8, 4) is 0 Å². The highest BCUT2D eigenvalue weighted by Gasteiger charge is 2.44. The largest absolute Gasteiger partial charge is 0.465 e. The fourth-order valence-corrected chi connectivity index (χ4v) is 4.33. The maximum atomic E-state index is 12.6. The molecule has 0 bridgehead atoms. The molecule has 1 heterocycles. The predicted molar refractivity (Wildman–Crippen MR) is 90.4 cm³/mol. The van der Waals surface area contributed by atoms with E-state index in [2.05, 4.69) is 0 Å². The van der Waals surface area contributed by atoms with Gasteiger partial charge in [0.1, 0.15) is 0 Å². The number of rotatable bonds is 3. The quantitative estimate of drug-likeness (QED) is 0.841. The highest BCUT2D eigenvalue weighted by Crippen LogP contribution is 2.35. The molecule has 1 saturated heterocycles. The first kappa shape index (κ1) is 18.7. The van der Waals surface area contributed by atoms with Crippen LogP contribution in [0, 0.1) is 12.3 Å². The van der Waals surface area contributed by atoms with Gasteiger partial charge in [0.15, 0.2) is 0 Å². The van der Waals surface area contributed by atoms with E-state index in [1.165, 1.54) is 17.0 Å². The second kappa shape index (κ2) is 6.72. The average Bonchev–Trinajstić information content (AvgIpc) is 2.45. The van der Waals surface area contributed by atoms with Gasteiger partial charge in [-0.2, -0.15) is 8.42 Å². The molecule has 2 unspecified atom stereocenters. The van der Waals surface area contributed by atoms with Gasteiger partial charge in [0, 0.05) is 6.54 Å². The summed E-state index contributed by atoms with van der Waals surface area (Å²) in [6, 6.07) is 5.91. The third-order valence-corrected chi connectivity index (χ3v) is 5.62. The average molecular weight is 355 g/mol. The fourth-order valence-electron chi connectivity index (χ4n) is 3.22. The lowest BCUT2D eigenvalue weighted by atomic mass is 9.79. The molecule has 1 aliphatic rings. The van der Waals surface area contributed by atoms with Crippen molar-refractivity contribution in [3.63, 3.8) is 0 Å². The normalized spacial score (nSPS) is 22.4. The molecular weight excluding hydrogens is 330 g/mol. The van der Waals surface area contributed by atoms with Gasteiger partial charge in [0.05, 0.1) is 17.0 Å². The highest BCUT2D eigenvalue weighted by molar-refractivity contribution is 7.86. The molecule has 2 rings (SSSR count). The molecule has 0 radical (unpaired) electrons. The number of likely N-dealkylation sites (tertiary alicyclic amines) is 1. The van der Waals surface area contributed by atoms with Crippen LogP contribution in [0.1, 0.15) is 39.2 Å². The second-order valence-electron chi connectivity index (χ2n) is 7.33. The molecule has 1 fully saturated rings. The summed E-state index contributed by atoms with van der Waals surface area (Å²) in [4.78, 5) is 12.9. The molecule has 1 amide bonds. The molecule has 0 saturated carbocycles. The van der Waals surface area contributed by atoms with Crippen LogP contribution in [-0.4, -0.2) is 43.2 Å². The molecule has 6 nitrogen and oxygen atoms in total. The topological polar surface area (TPSA) is 83.9 Å². The van der Waals surface area contributed by atoms with Crippen LogP contribution in [0.5, 0.6) is 0 Å². The van der Waals surface area contributed by atoms with Gasteiger partial charge in [-0.3, -0.25) is 4.18 Å². The Morgan fingerprint density at radius 3 is 2.33 bits per heavy atom. The Kier molecular flexibility index (Phi) is 5.25. The van der Waals surface area contributed by atoms with Crippen molar-refractivity contribution in [2.75, 3.05) is 6.54 Å². The van der Waals surface area contributed by atoms with Crippen molar-refractivity contribution in [1.82, 2.24) is 4.90 Å². The van der Waals surface area contributed by atoms with Crippen molar-refractivity contribution in [2.45, 2.75) is 57.6 Å². The van der Waals surface area contributed by atoms with Crippen LogP contribution in [0.2, 0.25) is 0 Å². The van der Waals surface area contributed by atoms with E-state index in [9.17, 15) is 18.3 Å².